The molecule has 10 heteroatoms. The van der Waals surface area contributed by atoms with E-state index in [1.54, 1.807) is 31.3 Å². The van der Waals surface area contributed by atoms with Gasteiger partial charge in [-0.3, -0.25) is 24.4 Å². The molecule has 1 aromatic heterocycles. The number of amides is 3. The van der Waals surface area contributed by atoms with Crippen molar-refractivity contribution in [2.45, 2.75) is 125 Å². The van der Waals surface area contributed by atoms with Gasteiger partial charge in [0.2, 0.25) is 12.3 Å². The minimum Gasteiger partial charge on any atom is -0.508 e. The van der Waals surface area contributed by atoms with Crippen molar-refractivity contribution in [1.29, 1.82) is 0 Å². The van der Waals surface area contributed by atoms with E-state index in [4.69, 9.17) is 9.72 Å². The highest BCUT2D eigenvalue weighted by molar-refractivity contribution is 5.94. The zero-order valence-corrected chi connectivity index (χ0v) is 36.9. The summed E-state index contributed by atoms with van der Waals surface area (Å²) in [6.07, 6.45) is 8.20. The van der Waals surface area contributed by atoms with Crippen LogP contribution in [0.15, 0.2) is 48.7 Å². The van der Waals surface area contributed by atoms with Gasteiger partial charge in [0.15, 0.2) is 0 Å². The van der Waals surface area contributed by atoms with Crippen molar-refractivity contribution in [3.8, 4) is 16.9 Å². The summed E-state index contributed by atoms with van der Waals surface area (Å²) in [6, 6.07) is 12.5. The highest BCUT2D eigenvalue weighted by Gasteiger charge is 2.33. The Balaban J connectivity index is 1.87. The molecule has 4 unspecified atom stereocenters. The molecule has 0 aliphatic carbocycles. The van der Waals surface area contributed by atoms with Crippen LogP contribution in [-0.4, -0.2) is 77.6 Å². The number of nitrogens with one attached hydrogen (secondary N) is 2. The number of aromatic hydroxyl groups is 1. The molecule has 1 aliphatic rings. The average molecular weight is 796 g/mol. The van der Waals surface area contributed by atoms with Crippen LogP contribution >= 0.6 is 0 Å². The van der Waals surface area contributed by atoms with E-state index in [0.29, 0.717) is 31.0 Å². The van der Waals surface area contributed by atoms with Gasteiger partial charge in [-0.25, -0.2) is 5.43 Å². The number of likely N-dealkylation sites (N-methyl/N-ethyl adjacent to an activating group) is 1. The third-order valence-corrected chi connectivity index (χ3v) is 11.4. The van der Waals surface area contributed by atoms with Crippen molar-refractivity contribution >= 4 is 29.4 Å². The molecule has 10 nitrogen and oxygen atoms in total. The van der Waals surface area contributed by atoms with E-state index < -0.39 is 18.0 Å². The Morgan fingerprint density at radius 1 is 1.00 bits per heavy atom. The summed E-state index contributed by atoms with van der Waals surface area (Å²) in [4.78, 5) is 45.9. The third-order valence-electron chi connectivity index (χ3n) is 11.4. The van der Waals surface area contributed by atoms with E-state index in [9.17, 15) is 19.5 Å². The number of aromatic nitrogens is 1. The van der Waals surface area contributed by atoms with Crippen LogP contribution < -0.4 is 10.7 Å². The second-order valence-corrected chi connectivity index (χ2v) is 17.0. The number of carbonyl (C=O) groups is 3. The molecule has 4 rings (SSSR count). The number of allylic oxidation sites excluding steroid dienone is 2. The first-order valence-electron chi connectivity index (χ1n) is 21.4. The van der Waals surface area contributed by atoms with Crippen LogP contribution in [0, 0.1) is 24.7 Å². The first-order valence-corrected chi connectivity index (χ1v) is 21.4. The molecule has 0 spiro atoms. The summed E-state index contributed by atoms with van der Waals surface area (Å²) in [7, 11) is 3.31. The zero-order valence-electron chi connectivity index (χ0n) is 36.9. The number of nitrogens with zero attached hydrogens (tertiary/aromatic N) is 3. The quantitative estimate of drug-likeness (QED) is 0.104. The van der Waals surface area contributed by atoms with Crippen LogP contribution in [0.25, 0.3) is 22.3 Å². The second kappa shape index (κ2) is 21.5. The fourth-order valence-electron chi connectivity index (χ4n) is 8.16. The van der Waals surface area contributed by atoms with Gasteiger partial charge in [-0.15, -0.1) is 0 Å². The lowest BCUT2D eigenvalue weighted by Gasteiger charge is -2.33. The minimum atomic E-state index is -0.929. The first kappa shape index (κ1) is 46.2. The number of phenolic OH excluding ortho intramolecular Hbond substituents is 1. The van der Waals surface area contributed by atoms with E-state index in [-0.39, 0.29) is 36.0 Å². The summed E-state index contributed by atoms with van der Waals surface area (Å²) in [6.45, 7) is 20.4. The maximum Gasteiger partial charge on any atom is 0.259 e. The summed E-state index contributed by atoms with van der Waals surface area (Å²) in [5.74, 6) is -0.147. The lowest BCUT2D eigenvalue weighted by atomic mass is 9.79. The molecule has 316 valence electrons. The first-order chi connectivity index (χ1) is 27.6. The largest absolute Gasteiger partial charge is 0.508 e. The van der Waals surface area contributed by atoms with Crippen LogP contribution in [0.4, 0.5) is 0 Å². The SMILES string of the molecule is CCCc1cnc(C(C)OC)c(/C(=C(\CC(C)C)c2cc(-c3cc(O)cc(CC(NC(=O)C(C(C)C)N(C)C=O)C(=O)N4CCCCN4)c3)ccc2C)C(C)CC)c1. The molecule has 2 heterocycles. The van der Waals surface area contributed by atoms with Crippen LogP contribution in [-0.2, 0) is 32.0 Å². The molecular weight excluding hydrogens is 727 g/mol. The molecule has 2 aromatic carbocycles. The number of rotatable bonds is 19. The lowest BCUT2D eigenvalue weighted by Crippen LogP contribution is -2.58. The molecule has 3 amide bonds. The van der Waals surface area contributed by atoms with Gasteiger partial charge in [-0.05, 0) is 132 Å². The fraction of sp³-hybridized carbons (Fsp3) is 0.542. The Hall–Kier alpha value is -4.54. The number of hydrogen-bond acceptors (Lipinski definition) is 7. The Labute approximate surface area is 347 Å². The van der Waals surface area contributed by atoms with Crippen molar-refractivity contribution in [2.24, 2.45) is 17.8 Å². The summed E-state index contributed by atoms with van der Waals surface area (Å²) in [5.41, 5.74) is 13.8. The molecule has 4 atom stereocenters. The highest BCUT2D eigenvalue weighted by Crippen LogP contribution is 2.42. The van der Waals surface area contributed by atoms with Crippen molar-refractivity contribution < 1.29 is 24.2 Å². The number of benzene rings is 2. The molecule has 58 heavy (non-hydrogen) atoms. The van der Waals surface area contributed by atoms with Crippen molar-refractivity contribution in [2.75, 3.05) is 27.2 Å². The number of carbonyl (C=O) groups excluding carboxylic acids is 3. The number of hydrogen-bond donors (Lipinski definition) is 3. The number of methoxy groups -OCH3 is 1. The van der Waals surface area contributed by atoms with E-state index in [1.807, 2.05) is 26.1 Å². The van der Waals surface area contributed by atoms with Gasteiger partial charge >= 0.3 is 0 Å². The minimum absolute atomic E-state index is 0.0687. The topological polar surface area (TPSA) is 124 Å². The molecule has 1 fully saturated rings. The number of pyridine rings is 1. The second-order valence-electron chi connectivity index (χ2n) is 17.0. The van der Waals surface area contributed by atoms with Gasteiger partial charge in [-0.2, -0.15) is 0 Å². The number of ether oxygens (including phenoxy) is 1. The predicted molar refractivity (Wildman–Crippen MR) is 235 cm³/mol. The molecule has 1 saturated heterocycles. The normalized spacial score (nSPS) is 15.8. The van der Waals surface area contributed by atoms with Crippen LogP contribution in [0.1, 0.15) is 127 Å². The van der Waals surface area contributed by atoms with Gasteiger partial charge in [0, 0.05) is 45.4 Å². The Morgan fingerprint density at radius 2 is 1.74 bits per heavy atom. The van der Waals surface area contributed by atoms with Gasteiger partial charge in [0.05, 0.1) is 11.8 Å². The van der Waals surface area contributed by atoms with Crippen molar-refractivity contribution in [3.05, 3.63) is 82.2 Å². The molecule has 0 radical (unpaired) electrons. The van der Waals surface area contributed by atoms with Crippen LogP contribution in [0.3, 0.4) is 0 Å². The average Bonchev–Trinajstić information content (AvgIpc) is 3.19. The molecule has 3 N–H and O–H groups in total. The Kier molecular flexibility index (Phi) is 17.1. The molecule has 1 aliphatic heterocycles. The standard InChI is InChI=1S/C48H69N5O5/c1-12-16-35-24-42(45(49-28-35)34(9)58-11)44(32(7)13-2)41(21-30(3)4)40-27-37(18-17-33(40)8)38-22-36(23-39(55)26-38)25-43(48(57)53-20-15-14-19-50-53)51-47(56)46(31(5)6)52(10)29-54/h17-18,22-24,26-32,34,43,46,50,55H,12-16,19-21,25H2,1-11H3,(H,51,56)/b44-41+. The van der Waals surface area contributed by atoms with E-state index in [1.165, 1.54) is 21.6 Å². The molecule has 0 bridgehead atoms. The maximum atomic E-state index is 14.0. The summed E-state index contributed by atoms with van der Waals surface area (Å²) >= 11 is 0. The Morgan fingerprint density at radius 3 is 2.34 bits per heavy atom. The fourth-order valence-corrected chi connectivity index (χ4v) is 8.16. The number of aryl methyl sites for hydroxylation is 2. The van der Waals surface area contributed by atoms with E-state index >= 15 is 0 Å². The van der Waals surface area contributed by atoms with E-state index in [2.05, 4.69) is 83.5 Å². The monoisotopic (exact) mass is 796 g/mol. The van der Waals surface area contributed by atoms with Gasteiger partial charge in [0.1, 0.15) is 17.8 Å². The highest BCUT2D eigenvalue weighted by atomic mass is 16.5. The smallest absolute Gasteiger partial charge is 0.259 e. The van der Waals surface area contributed by atoms with Gasteiger partial charge < -0.3 is 20.1 Å². The van der Waals surface area contributed by atoms with Crippen molar-refractivity contribution in [1.82, 2.24) is 25.6 Å². The number of phenols is 1. The lowest BCUT2D eigenvalue weighted by molar-refractivity contribution is -0.142. The van der Waals surface area contributed by atoms with Gasteiger partial charge in [0.25, 0.3) is 5.91 Å². The molecule has 0 saturated carbocycles. The number of hydrazine groups is 1. The van der Waals surface area contributed by atoms with Crippen molar-refractivity contribution in [3.63, 3.8) is 0 Å². The molecular formula is C48H69N5O5. The third kappa shape index (κ3) is 11.6. The maximum absolute atomic E-state index is 14.0. The van der Waals surface area contributed by atoms with Crippen LogP contribution in [0.2, 0.25) is 0 Å². The summed E-state index contributed by atoms with van der Waals surface area (Å²) in [5, 5.41) is 15.8. The van der Waals surface area contributed by atoms with Gasteiger partial charge in [-0.1, -0.05) is 73.1 Å². The molecule has 3 aromatic rings. The predicted octanol–water partition coefficient (Wildman–Crippen LogP) is 8.69. The van der Waals surface area contributed by atoms with E-state index in [0.717, 1.165) is 72.0 Å². The zero-order chi connectivity index (χ0) is 42.7. The Bertz CT molecular complexity index is 1900. The van der Waals surface area contributed by atoms with Crippen LogP contribution in [0.5, 0.6) is 5.75 Å². The summed E-state index contributed by atoms with van der Waals surface area (Å²) < 4.78 is 5.89.